The maximum atomic E-state index is 13.0. The van der Waals surface area contributed by atoms with E-state index in [-0.39, 0.29) is 5.82 Å². The molecule has 0 aliphatic heterocycles. The number of hydrogen-bond donors (Lipinski definition) is 1. The largest absolute Gasteiger partial charge is 0.388 e. The van der Waals surface area contributed by atoms with Crippen LogP contribution in [0.4, 0.5) is 4.39 Å². The number of aliphatic hydroxyl groups is 1. The van der Waals surface area contributed by atoms with Crippen molar-refractivity contribution in [3.05, 3.63) is 56.4 Å². The summed E-state index contributed by atoms with van der Waals surface area (Å²) in [6.45, 7) is 0. The van der Waals surface area contributed by atoms with Gasteiger partial charge in [0.05, 0.1) is 6.10 Å². The zero-order chi connectivity index (χ0) is 11.5. The van der Waals surface area contributed by atoms with Gasteiger partial charge in [-0.2, -0.15) is 11.3 Å². The second kappa shape index (κ2) is 5.08. The highest BCUT2D eigenvalue weighted by molar-refractivity contribution is 9.10. The van der Waals surface area contributed by atoms with Crippen molar-refractivity contribution in [1.82, 2.24) is 0 Å². The van der Waals surface area contributed by atoms with Gasteiger partial charge in [-0.25, -0.2) is 4.39 Å². The Bertz CT molecular complexity index is 483. The van der Waals surface area contributed by atoms with E-state index < -0.39 is 6.10 Å². The van der Waals surface area contributed by atoms with Crippen LogP contribution >= 0.6 is 27.3 Å². The van der Waals surface area contributed by atoms with Crippen LogP contribution in [-0.2, 0) is 6.42 Å². The Morgan fingerprint density at radius 3 is 2.81 bits per heavy atom. The van der Waals surface area contributed by atoms with E-state index in [4.69, 9.17) is 0 Å². The lowest BCUT2D eigenvalue weighted by molar-refractivity contribution is 0.178. The summed E-state index contributed by atoms with van der Waals surface area (Å²) < 4.78 is 13.9. The average Bonchev–Trinajstić information content (AvgIpc) is 2.64. The predicted octanol–water partition coefficient (Wildman–Crippen LogP) is 3.93. The van der Waals surface area contributed by atoms with Crippen molar-refractivity contribution in [3.63, 3.8) is 0 Å². The summed E-state index contributed by atoms with van der Waals surface area (Å²) >= 11 is 4.90. The van der Waals surface area contributed by atoms with E-state index in [1.807, 2.05) is 16.8 Å². The van der Waals surface area contributed by atoms with Gasteiger partial charge >= 0.3 is 0 Å². The van der Waals surface area contributed by atoms with Crippen molar-refractivity contribution < 1.29 is 9.50 Å². The van der Waals surface area contributed by atoms with E-state index in [1.165, 1.54) is 23.5 Å². The zero-order valence-corrected chi connectivity index (χ0v) is 10.8. The Kier molecular flexibility index (Phi) is 3.74. The van der Waals surface area contributed by atoms with Crippen LogP contribution < -0.4 is 0 Å². The second-order valence-electron chi connectivity index (χ2n) is 3.52. The molecule has 0 amide bonds. The normalized spacial score (nSPS) is 12.7. The first kappa shape index (κ1) is 11.8. The third kappa shape index (κ3) is 2.70. The Morgan fingerprint density at radius 1 is 1.38 bits per heavy atom. The van der Waals surface area contributed by atoms with Crippen molar-refractivity contribution in [2.75, 3.05) is 0 Å². The molecule has 16 heavy (non-hydrogen) atoms. The van der Waals surface area contributed by atoms with Crippen LogP contribution in [0.3, 0.4) is 0 Å². The quantitative estimate of drug-likeness (QED) is 0.911. The monoisotopic (exact) mass is 300 g/mol. The molecule has 1 aromatic carbocycles. The molecule has 0 aliphatic rings. The van der Waals surface area contributed by atoms with E-state index in [0.29, 0.717) is 6.42 Å². The third-order valence-corrected chi connectivity index (χ3v) is 4.07. The molecule has 84 valence electrons. The van der Waals surface area contributed by atoms with Crippen LogP contribution in [0, 0.1) is 5.82 Å². The minimum absolute atomic E-state index is 0.269. The number of halogens is 2. The molecule has 1 atom stereocenters. The molecule has 0 saturated carbocycles. The highest BCUT2D eigenvalue weighted by Gasteiger charge is 2.12. The van der Waals surface area contributed by atoms with E-state index in [2.05, 4.69) is 15.9 Å². The summed E-state index contributed by atoms with van der Waals surface area (Å²) in [4.78, 5) is 0. The van der Waals surface area contributed by atoms with Crippen molar-refractivity contribution in [3.8, 4) is 0 Å². The molecule has 0 saturated heterocycles. The fourth-order valence-corrected chi connectivity index (χ4v) is 3.13. The Hall–Kier alpha value is -0.710. The van der Waals surface area contributed by atoms with Gasteiger partial charge in [0.25, 0.3) is 0 Å². The first-order valence-corrected chi connectivity index (χ1v) is 6.54. The van der Waals surface area contributed by atoms with Gasteiger partial charge in [-0.3, -0.25) is 0 Å². The first-order chi connectivity index (χ1) is 7.66. The molecule has 1 N–H and O–H groups in total. The summed E-state index contributed by atoms with van der Waals surface area (Å²) in [6.07, 6.45) is -0.171. The molecule has 0 bridgehead atoms. The van der Waals surface area contributed by atoms with Gasteiger partial charge in [0.2, 0.25) is 0 Å². The van der Waals surface area contributed by atoms with E-state index in [0.717, 1.165) is 15.6 Å². The van der Waals surface area contributed by atoms with Crippen LogP contribution in [0.1, 0.15) is 17.2 Å². The maximum absolute atomic E-state index is 13.0. The number of hydrogen-bond acceptors (Lipinski definition) is 2. The van der Waals surface area contributed by atoms with Gasteiger partial charge in [-0.15, -0.1) is 0 Å². The van der Waals surface area contributed by atoms with E-state index in [1.54, 1.807) is 6.07 Å². The van der Waals surface area contributed by atoms with Crippen molar-refractivity contribution in [2.45, 2.75) is 12.5 Å². The highest BCUT2D eigenvalue weighted by atomic mass is 79.9. The fourth-order valence-electron chi connectivity index (χ4n) is 1.53. The van der Waals surface area contributed by atoms with Gasteiger partial charge in [0.15, 0.2) is 0 Å². The Morgan fingerprint density at radius 2 is 2.19 bits per heavy atom. The molecule has 0 aliphatic carbocycles. The van der Waals surface area contributed by atoms with Gasteiger partial charge in [0, 0.05) is 21.8 Å². The lowest BCUT2D eigenvalue weighted by Gasteiger charge is -2.09. The topological polar surface area (TPSA) is 20.2 Å². The highest BCUT2D eigenvalue weighted by Crippen LogP contribution is 2.29. The van der Waals surface area contributed by atoms with Gasteiger partial charge in [-0.1, -0.05) is 12.1 Å². The van der Waals surface area contributed by atoms with Gasteiger partial charge in [0.1, 0.15) is 5.82 Å². The van der Waals surface area contributed by atoms with Crippen molar-refractivity contribution in [1.29, 1.82) is 0 Å². The van der Waals surface area contributed by atoms with Crippen LogP contribution in [0.2, 0.25) is 0 Å². The maximum Gasteiger partial charge on any atom is 0.123 e. The predicted molar refractivity (Wildman–Crippen MR) is 67.1 cm³/mol. The molecular formula is C12H10BrFOS. The van der Waals surface area contributed by atoms with Gasteiger partial charge in [-0.05, 0) is 39.0 Å². The van der Waals surface area contributed by atoms with Crippen LogP contribution in [-0.4, -0.2) is 5.11 Å². The molecule has 0 spiro atoms. The smallest absolute Gasteiger partial charge is 0.123 e. The minimum atomic E-state index is -0.595. The summed E-state index contributed by atoms with van der Waals surface area (Å²) in [6, 6.07) is 6.31. The molecule has 1 aromatic heterocycles. The van der Waals surface area contributed by atoms with Crippen molar-refractivity contribution >= 4 is 27.3 Å². The Labute approximate surface area is 106 Å². The average molecular weight is 301 g/mol. The standard InChI is InChI=1S/C12H10BrFOS/c13-11-7-16-6-10(11)12(15)5-8-2-1-3-9(14)4-8/h1-4,6-7,12,15H,5H2. The van der Waals surface area contributed by atoms with E-state index in [9.17, 15) is 9.50 Å². The molecule has 0 fully saturated rings. The zero-order valence-electron chi connectivity index (χ0n) is 8.36. The molecular weight excluding hydrogens is 291 g/mol. The third-order valence-electron chi connectivity index (χ3n) is 2.32. The lowest BCUT2D eigenvalue weighted by atomic mass is 10.0. The Balaban J connectivity index is 2.14. The lowest BCUT2D eigenvalue weighted by Crippen LogP contribution is -2.01. The molecule has 1 unspecified atom stereocenters. The summed E-state index contributed by atoms with van der Waals surface area (Å²) in [5, 5.41) is 13.8. The minimum Gasteiger partial charge on any atom is -0.388 e. The number of benzene rings is 1. The number of thiophene rings is 1. The van der Waals surface area contributed by atoms with Crippen molar-refractivity contribution in [2.24, 2.45) is 0 Å². The second-order valence-corrected chi connectivity index (χ2v) is 5.12. The SMILES string of the molecule is OC(Cc1cccc(F)c1)c1cscc1Br. The number of aliphatic hydroxyl groups excluding tert-OH is 1. The molecule has 1 nitrogen and oxygen atoms in total. The molecule has 0 radical (unpaired) electrons. The van der Waals surface area contributed by atoms with Crippen LogP contribution in [0.25, 0.3) is 0 Å². The summed E-state index contributed by atoms with van der Waals surface area (Å²) in [5.41, 5.74) is 1.65. The summed E-state index contributed by atoms with van der Waals surface area (Å²) in [5.74, 6) is -0.269. The van der Waals surface area contributed by atoms with Gasteiger partial charge < -0.3 is 5.11 Å². The molecule has 2 rings (SSSR count). The van der Waals surface area contributed by atoms with E-state index >= 15 is 0 Å². The van der Waals surface area contributed by atoms with Crippen LogP contribution in [0.5, 0.6) is 0 Å². The first-order valence-electron chi connectivity index (χ1n) is 4.81. The number of rotatable bonds is 3. The summed E-state index contributed by atoms with van der Waals surface area (Å²) in [7, 11) is 0. The fraction of sp³-hybridized carbons (Fsp3) is 0.167. The van der Waals surface area contributed by atoms with Crippen LogP contribution in [0.15, 0.2) is 39.5 Å². The molecule has 4 heteroatoms. The molecule has 1 heterocycles. The molecule has 2 aromatic rings.